The molecule has 1 aromatic carbocycles. The number of methoxy groups -OCH3 is 1. The van der Waals surface area contributed by atoms with Crippen LogP contribution in [0.3, 0.4) is 0 Å². The molecule has 1 N–H and O–H groups in total. The standard InChI is InChI=1S/C16H19F3N2O5/c1-5-26-15(24)20-12-8-10(13(22)25-4)6-7-11(12)9(2)21(3)14(23)16(17,18)19/h6-9H,5H2,1-4H3,(H,20,24). The van der Waals surface area contributed by atoms with Crippen molar-refractivity contribution >= 4 is 23.7 Å². The minimum atomic E-state index is -5.04. The molecule has 0 aromatic heterocycles. The second-order valence-corrected chi connectivity index (χ2v) is 5.23. The van der Waals surface area contributed by atoms with Crippen molar-refractivity contribution in [1.82, 2.24) is 4.90 Å². The number of amides is 2. The van der Waals surface area contributed by atoms with Gasteiger partial charge in [0.05, 0.1) is 31.0 Å². The van der Waals surface area contributed by atoms with Gasteiger partial charge in [0.25, 0.3) is 0 Å². The molecule has 2 amide bonds. The van der Waals surface area contributed by atoms with Crippen molar-refractivity contribution < 1.29 is 37.0 Å². The van der Waals surface area contributed by atoms with Gasteiger partial charge in [0.15, 0.2) is 0 Å². The molecule has 0 spiro atoms. The van der Waals surface area contributed by atoms with Gasteiger partial charge in [-0.25, -0.2) is 9.59 Å². The fourth-order valence-corrected chi connectivity index (χ4v) is 2.14. The third kappa shape index (κ3) is 5.11. The number of nitrogens with one attached hydrogen (secondary N) is 1. The maximum Gasteiger partial charge on any atom is 0.471 e. The summed E-state index contributed by atoms with van der Waals surface area (Å²) in [4.78, 5) is 35.3. The van der Waals surface area contributed by atoms with Gasteiger partial charge >= 0.3 is 24.1 Å². The number of halogens is 3. The fraction of sp³-hybridized carbons (Fsp3) is 0.438. The van der Waals surface area contributed by atoms with Gasteiger partial charge < -0.3 is 14.4 Å². The normalized spacial score (nSPS) is 12.1. The highest BCUT2D eigenvalue weighted by Gasteiger charge is 2.43. The Balaban J connectivity index is 3.28. The second-order valence-electron chi connectivity index (χ2n) is 5.23. The molecular weight excluding hydrogens is 357 g/mol. The molecule has 1 rings (SSSR count). The number of nitrogens with zero attached hydrogens (tertiary/aromatic N) is 1. The topological polar surface area (TPSA) is 84.9 Å². The molecule has 1 aromatic rings. The van der Waals surface area contributed by atoms with E-state index in [2.05, 4.69) is 10.1 Å². The second kappa shape index (κ2) is 8.54. The third-order valence-electron chi connectivity index (χ3n) is 3.58. The number of hydrogen-bond donors (Lipinski definition) is 1. The Bertz CT molecular complexity index is 691. The van der Waals surface area contributed by atoms with Gasteiger partial charge in [-0.15, -0.1) is 0 Å². The quantitative estimate of drug-likeness (QED) is 0.798. The number of anilines is 1. The molecule has 0 aliphatic rings. The largest absolute Gasteiger partial charge is 0.471 e. The van der Waals surface area contributed by atoms with Crippen LogP contribution in [-0.4, -0.2) is 49.8 Å². The molecule has 26 heavy (non-hydrogen) atoms. The van der Waals surface area contributed by atoms with E-state index in [4.69, 9.17) is 4.74 Å². The van der Waals surface area contributed by atoms with Gasteiger partial charge in [-0.2, -0.15) is 13.2 Å². The Labute approximate surface area is 148 Å². The molecule has 0 aliphatic carbocycles. The van der Waals surface area contributed by atoms with Crippen molar-refractivity contribution in [2.24, 2.45) is 0 Å². The number of carbonyl (C=O) groups is 3. The van der Waals surface area contributed by atoms with Crippen LogP contribution in [0.15, 0.2) is 18.2 Å². The lowest BCUT2D eigenvalue weighted by Crippen LogP contribution is -2.40. The molecule has 10 heteroatoms. The first-order valence-corrected chi connectivity index (χ1v) is 7.52. The predicted octanol–water partition coefficient (Wildman–Crippen LogP) is 3.12. The van der Waals surface area contributed by atoms with Crippen molar-refractivity contribution in [2.75, 3.05) is 26.1 Å². The van der Waals surface area contributed by atoms with Crippen LogP contribution in [0.25, 0.3) is 0 Å². The maximum atomic E-state index is 12.7. The average Bonchev–Trinajstić information content (AvgIpc) is 2.58. The van der Waals surface area contributed by atoms with Gasteiger partial charge in [0.1, 0.15) is 0 Å². The zero-order valence-corrected chi connectivity index (χ0v) is 14.6. The minimum absolute atomic E-state index is 0.0284. The number of alkyl halides is 3. The first-order valence-electron chi connectivity index (χ1n) is 7.52. The van der Waals surface area contributed by atoms with Crippen LogP contribution in [-0.2, 0) is 14.3 Å². The number of ether oxygens (including phenoxy) is 2. The zero-order valence-electron chi connectivity index (χ0n) is 14.6. The van der Waals surface area contributed by atoms with E-state index in [-0.39, 0.29) is 23.4 Å². The van der Waals surface area contributed by atoms with Crippen LogP contribution in [0.4, 0.5) is 23.7 Å². The van der Waals surface area contributed by atoms with E-state index in [1.54, 1.807) is 6.92 Å². The van der Waals surface area contributed by atoms with Crippen molar-refractivity contribution in [1.29, 1.82) is 0 Å². The van der Waals surface area contributed by atoms with E-state index >= 15 is 0 Å². The van der Waals surface area contributed by atoms with Gasteiger partial charge in [-0.3, -0.25) is 10.1 Å². The van der Waals surface area contributed by atoms with E-state index < -0.39 is 30.2 Å². The number of esters is 1. The summed E-state index contributed by atoms with van der Waals surface area (Å²) in [5.41, 5.74) is 0.284. The summed E-state index contributed by atoms with van der Waals surface area (Å²) in [5, 5.41) is 2.36. The third-order valence-corrected chi connectivity index (χ3v) is 3.58. The molecule has 0 radical (unpaired) electrons. The van der Waals surface area contributed by atoms with E-state index in [0.29, 0.717) is 4.90 Å². The molecule has 7 nitrogen and oxygen atoms in total. The first kappa shape index (κ1) is 21.3. The lowest BCUT2D eigenvalue weighted by molar-refractivity contribution is -0.186. The maximum absolute atomic E-state index is 12.7. The van der Waals surface area contributed by atoms with Gasteiger partial charge in [-0.05, 0) is 31.5 Å². The lowest BCUT2D eigenvalue weighted by Gasteiger charge is -2.28. The van der Waals surface area contributed by atoms with E-state index in [9.17, 15) is 27.6 Å². The van der Waals surface area contributed by atoms with Crippen LogP contribution in [0, 0.1) is 0 Å². The molecule has 0 fully saturated rings. The summed E-state index contributed by atoms with van der Waals surface area (Å²) >= 11 is 0. The first-order chi connectivity index (χ1) is 12.0. The summed E-state index contributed by atoms with van der Waals surface area (Å²) in [6.45, 7) is 3.00. The molecule has 0 aliphatic heterocycles. The van der Waals surface area contributed by atoms with Gasteiger partial charge in [0, 0.05) is 7.05 Å². The van der Waals surface area contributed by atoms with Crippen LogP contribution in [0.1, 0.15) is 35.8 Å². The Morgan fingerprint density at radius 3 is 2.38 bits per heavy atom. The van der Waals surface area contributed by atoms with Crippen LogP contribution in [0.2, 0.25) is 0 Å². The molecule has 0 heterocycles. The molecule has 0 bridgehead atoms. The summed E-state index contributed by atoms with van der Waals surface area (Å²) < 4.78 is 47.3. The molecule has 144 valence electrons. The Kier molecular flexibility index (Phi) is 6.99. The number of rotatable bonds is 5. The smallest absolute Gasteiger partial charge is 0.465 e. The monoisotopic (exact) mass is 376 g/mol. The van der Waals surface area contributed by atoms with Gasteiger partial charge in [-0.1, -0.05) is 6.07 Å². The molecule has 0 saturated carbocycles. The number of hydrogen-bond acceptors (Lipinski definition) is 5. The van der Waals surface area contributed by atoms with E-state index in [0.717, 1.165) is 14.2 Å². The summed E-state index contributed by atoms with van der Waals surface area (Å²) in [7, 11) is 2.15. The van der Waals surface area contributed by atoms with Gasteiger partial charge in [0.2, 0.25) is 0 Å². The molecule has 1 atom stereocenters. The van der Waals surface area contributed by atoms with Crippen molar-refractivity contribution in [3.63, 3.8) is 0 Å². The highest BCUT2D eigenvalue weighted by Crippen LogP contribution is 2.31. The molecule has 1 unspecified atom stereocenters. The zero-order chi connectivity index (χ0) is 20.1. The number of benzene rings is 1. The van der Waals surface area contributed by atoms with Crippen LogP contribution in [0.5, 0.6) is 0 Å². The van der Waals surface area contributed by atoms with Crippen molar-refractivity contribution in [3.05, 3.63) is 29.3 Å². The van der Waals surface area contributed by atoms with Crippen LogP contribution >= 0.6 is 0 Å². The van der Waals surface area contributed by atoms with Crippen molar-refractivity contribution in [3.8, 4) is 0 Å². The Morgan fingerprint density at radius 1 is 1.27 bits per heavy atom. The van der Waals surface area contributed by atoms with E-state index in [1.807, 2.05) is 0 Å². The lowest BCUT2D eigenvalue weighted by atomic mass is 10.0. The highest BCUT2D eigenvalue weighted by molar-refractivity contribution is 5.93. The summed E-state index contributed by atoms with van der Waals surface area (Å²) in [6, 6.07) is 2.84. The highest BCUT2D eigenvalue weighted by atomic mass is 19.4. The SMILES string of the molecule is CCOC(=O)Nc1cc(C(=O)OC)ccc1C(C)N(C)C(=O)C(F)(F)F. The minimum Gasteiger partial charge on any atom is -0.465 e. The van der Waals surface area contributed by atoms with Crippen molar-refractivity contribution in [2.45, 2.75) is 26.1 Å². The Hall–Kier alpha value is -2.78. The Morgan fingerprint density at radius 2 is 1.88 bits per heavy atom. The average molecular weight is 376 g/mol. The predicted molar refractivity (Wildman–Crippen MR) is 85.7 cm³/mol. The summed E-state index contributed by atoms with van der Waals surface area (Å²) in [5.74, 6) is -2.74. The molecular formula is C16H19F3N2O5. The van der Waals surface area contributed by atoms with E-state index in [1.165, 1.54) is 25.1 Å². The summed E-state index contributed by atoms with van der Waals surface area (Å²) in [6.07, 6.45) is -5.89. The van der Waals surface area contributed by atoms with Crippen LogP contribution < -0.4 is 5.32 Å². The fourth-order valence-electron chi connectivity index (χ4n) is 2.14. The number of carbonyl (C=O) groups excluding carboxylic acids is 3. The molecule has 0 saturated heterocycles.